The molecule has 0 fully saturated rings. The van der Waals surface area contributed by atoms with Crippen LogP contribution in [0.25, 0.3) is 0 Å². The Bertz CT molecular complexity index is 743. The summed E-state index contributed by atoms with van der Waals surface area (Å²) in [6.45, 7) is 6.11. The van der Waals surface area contributed by atoms with Gasteiger partial charge in [-0.15, -0.1) is 0 Å². The zero-order chi connectivity index (χ0) is 18.0. The Labute approximate surface area is 149 Å². The first-order valence-electron chi connectivity index (χ1n) is 9.03. The number of ether oxygens (including phenoxy) is 1. The van der Waals surface area contributed by atoms with E-state index in [-0.39, 0.29) is 23.6 Å². The van der Waals surface area contributed by atoms with E-state index in [0.29, 0.717) is 18.6 Å². The second-order valence-electron chi connectivity index (χ2n) is 6.60. The van der Waals surface area contributed by atoms with Gasteiger partial charge in [-0.3, -0.25) is 4.79 Å². The molecule has 0 spiro atoms. The summed E-state index contributed by atoms with van der Waals surface area (Å²) in [4.78, 5) is 25.4. The second-order valence-corrected chi connectivity index (χ2v) is 6.60. The fraction of sp³-hybridized carbons (Fsp3) is 0.429. The Kier molecular flexibility index (Phi) is 5.07. The molecule has 132 valence electrons. The van der Waals surface area contributed by atoms with E-state index >= 15 is 0 Å². The molecular weight excluding hydrogens is 314 g/mol. The van der Waals surface area contributed by atoms with Crippen molar-refractivity contribution in [3.8, 4) is 0 Å². The van der Waals surface area contributed by atoms with E-state index in [0.717, 1.165) is 29.8 Å². The molecule has 0 radical (unpaired) electrons. The maximum absolute atomic E-state index is 12.7. The van der Waals surface area contributed by atoms with E-state index < -0.39 is 0 Å². The van der Waals surface area contributed by atoms with Crippen LogP contribution in [0.4, 0.5) is 0 Å². The summed E-state index contributed by atoms with van der Waals surface area (Å²) in [6, 6.07) is 8.24. The molecule has 0 saturated carbocycles. The summed E-state index contributed by atoms with van der Waals surface area (Å²) in [5, 5.41) is 3.28. The lowest BCUT2D eigenvalue weighted by molar-refractivity contribution is -0.139. The van der Waals surface area contributed by atoms with Gasteiger partial charge in [-0.1, -0.05) is 37.3 Å². The number of aryl methyl sites for hydroxylation is 1. The summed E-state index contributed by atoms with van der Waals surface area (Å²) >= 11 is 0. The van der Waals surface area contributed by atoms with E-state index in [1.807, 2.05) is 19.1 Å². The SMILES string of the molecule is CCOC(=O)C1=C(C)NC2=CCCC(=O)C2C1c1ccc(CC)cc1. The number of benzene rings is 1. The number of carbonyl (C=O) groups is 2. The summed E-state index contributed by atoms with van der Waals surface area (Å²) < 4.78 is 5.30. The maximum Gasteiger partial charge on any atom is 0.336 e. The van der Waals surface area contributed by atoms with Crippen molar-refractivity contribution in [1.29, 1.82) is 0 Å². The lowest BCUT2D eigenvalue weighted by Gasteiger charge is -2.38. The average Bonchev–Trinajstić information content (AvgIpc) is 2.61. The normalized spacial score (nSPS) is 22.8. The van der Waals surface area contributed by atoms with Crippen LogP contribution in [0.2, 0.25) is 0 Å². The Morgan fingerprint density at radius 3 is 2.56 bits per heavy atom. The van der Waals surface area contributed by atoms with Gasteiger partial charge in [0.15, 0.2) is 0 Å². The molecule has 1 aromatic rings. The highest BCUT2D eigenvalue weighted by atomic mass is 16.5. The molecular formula is C21H25NO3. The van der Waals surface area contributed by atoms with Crippen LogP contribution in [0.1, 0.15) is 50.7 Å². The molecule has 2 atom stereocenters. The Morgan fingerprint density at radius 2 is 1.92 bits per heavy atom. The number of fused-ring (bicyclic) bond motifs is 1. The van der Waals surface area contributed by atoms with Gasteiger partial charge < -0.3 is 10.1 Å². The van der Waals surface area contributed by atoms with Crippen molar-refractivity contribution in [2.45, 2.75) is 46.0 Å². The Balaban J connectivity index is 2.12. The van der Waals surface area contributed by atoms with Crippen molar-refractivity contribution >= 4 is 11.8 Å². The largest absolute Gasteiger partial charge is 0.463 e. The number of rotatable bonds is 4. The number of Topliss-reactive ketones (excluding diaryl/α,β-unsaturated/α-hetero) is 1. The number of allylic oxidation sites excluding steroid dienone is 3. The molecule has 0 amide bonds. The summed E-state index contributed by atoms with van der Waals surface area (Å²) in [5.41, 5.74) is 4.50. The predicted octanol–water partition coefficient (Wildman–Crippen LogP) is 3.64. The van der Waals surface area contributed by atoms with Crippen LogP contribution >= 0.6 is 0 Å². The average molecular weight is 339 g/mol. The van der Waals surface area contributed by atoms with Gasteiger partial charge in [0, 0.05) is 23.7 Å². The standard InChI is InChI=1S/C21H25NO3/c1-4-14-9-11-15(12-10-14)19-18(21(24)25-5-2)13(3)22-16-7-6-8-17(23)20(16)19/h7,9-12,19-20,22H,4-6,8H2,1-3H3. The minimum atomic E-state index is -0.338. The third-order valence-corrected chi connectivity index (χ3v) is 5.06. The minimum Gasteiger partial charge on any atom is -0.463 e. The molecule has 1 heterocycles. The molecule has 0 aromatic heterocycles. The smallest absolute Gasteiger partial charge is 0.336 e. The quantitative estimate of drug-likeness (QED) is 0.851. The number of ketones is 1. The number of esters is 1. The molecule has 4 nitrogen and oxygen atoms in total. The molecule has 2 unspecified atom stereocenters. The molecule has 2 aliphatic rings. The molecule has 1 aliphatic carbocycles. The van der Waals surface area contributed by atoms with Gasteiger partial charge in [-0.05, 0) is 37.8 Å². The van der Waals surface area contributed by atoms with E-state index in [1.165, 1.54) is 5.56 Å². The molecule has 1 N–H and O–H groups in total. The van der Waals surface area contributed by atoms with E-state index in [4.69, 9.17) is 4.74 Å². The van der Waals surface area contributed by atoms with Crippen LogP contribution in [-0.4, -0.2) is 18.4 Å². The van der Waals surface area contributed by atoms with E-state index in [9.17, 15) is 9.59 Å². The predicted molar refractivity (Wildman–Crippen MR) is 96.8 cm³/mol. The van der Waals surface area contributed by atoms with Gasteiger partial charge >= 0.3 is 5.97 Å². The van der Waals surface area contributed by atoms with E-state index in [2.05, 4.69) is 30.4 Å². The number of hydrogen-bond acceptors (Lipinski definition) is 4. The first kappa shape index (κ1) is 17.5. The number of carbonyl (C=O) groups excluding carboxylic acids is 2. The van der Waals surface area contributed by atoms with Crippen LogP contribution in [0.15, 0.2) is 47.3 Å². The van der Waals surface area contributed by atoms with Gasteiger partial charge in [0.25, 0.3) is 0 Å². The van der Waals surface area contributed by atoms with Crippen molar-refractivity contribution in [2.24, 2.45) is 5.92 Å². The van der Waals surface area contributed by atoms with Gasteiger partial charge in [0.05, 0.1) is 18.1 Å². The molecule has 0 bridgehead atoms. The van der Waals surface area contributed by atoms with Crippen molar-refractivity contribution in [2.75, 3.05) is 6.61 Å². The summed E-state index contributed by atoms with van der Waals surface area (Å²) in [5.74, 6) is -0.770. The lowest BCUT2D eigenvalue weighted by Crippen LogP contribution is -2.40. The summed E-state index contributed by atoms with van der Waals surface area (Å²) in [6.07, 6.45) is 4.32. The van der Waals surface area contributed by atoms with Gasteiger partial charge in [-0.2, -0.15) is 0 Å². The highest BCUT2D eigenvalue weighted by molar-refractivity contribution is 5.96. The lowest BCUT2D eigenvalue weighted by atomic mass is 9.71. The van der Waals surface area contributed by atoms with Crippen molar-refractivity contribution in [3.63, 3.8) is 0 Å². The van der Waals surface area contributed by atoms with E-state index in [1.54, 1.807) is 6.92 Å². The zero-order valence-corrected chi connectivity index (χ0v) is 15.1. The maximum atomic E-state index is 12.7. The first-order chi connectivity index (χ1) is 12.1. The monoisotopic (exact) mass is 339 g/mol. The fourth-order valence-electron chi connectivity index (χ4n) is 3.81. The second kappa shape index (κ2) is 7.26. The van der Waals surface area contributed by atoms with Gasteiger partial charge in [-0.25, -0.2) is 4.79 Å². The Hall–Kier alpha value is -2.36. The number of hydrogen-bond donors (Lipinski definition) is 1. The highest BCUT2D eigenvalue weighted by Crippen LogP contribution is 2.43. The molecule has 1 aromatic carbocycles. The van der Waals surface area contributed by atoms with Crippen LogP contribution in [-0.2, 0) is 20.7 Å². The Morgan fingerprint density at radius 1 is 1.20 bits per heavy atom. The highest BCUT2D eigenvalue weighted by Gasteiger charge is 2.43. The fourth-order valence-corrected chi connectivity index (χ4v) is 3.81. The molecule has 1 aliphatic heterocycles. The third kappa shape index (κ3) is 3.26. The molecule has 3 rings (SSSR count). The van der Waals surface area contributed by atoms with Crippen LogP contribution in [0.3, 0.4) is 0 Å². The van der Waals surface area contributed by atoms with Crippen molar-refractivity contribution in [3.05, 3.63) is 58.4 Å². The number of nitrogens with one attached hydrogen (secondary N) is 1. The topological polar surface area (TPSA) is 55.4 Å². The molecule has 4 heteroatoms. The molecule has 25 heavy (non-hydrogen) atoms. The first-order valence-corrected chi connectivity index (χ1v) is 9.03. The van der Waals surface area contributed by atoms with Gasteiger partial charge in [0.2, 0.25) is 0 Å². The van der Waals surface area contributed by atoms with Crippen molar-refractivity contribution < 1.29 is 14.3 Å². The van der Waals surface area contributed by atoms with Crippen LogP contribution in [0.5, 0.6) is 0 Å². The zero-order valence-electron chi connectivity index (χ0n) is 15.1. The van der Waals surface area contributed by atoms with Crippen LogP contribution in [0, 0.1) is 5.92 Å². The third-order valence-electron chi connectivity index (χ3n) is 5.06. The molecule has 0 saturated heterocycles. The minimum absolute atomic E-state index is 0.184. The van der Waals surface area contributed by atoms with Crippen molar-refractivity contribution in [1.82, 2.24) is 5.32 Å². The summed E-state index contributed by atoms with van der Waals surface area (Å²) in [7, 11) is 0. The van der Waals surface area contributed by atoms with Gasteiger partial charge in [0.1, 0.15) is 5.78 Å². The van der Waals surface area contributed by atoms with Crippen LogP contribution < -0.4 is 5.32 Å².